The molecule has 4 heteroatoms. The number of aliphatic carboxylic acids is 1. The topological polar surface area (TPSA) is 71.4 Å². The number of carboxylic acid groups (broad SMARTS) is 1. The second-order valence-electron chi connectivity index (χ2n) is 11.9. The third-order valence-corrected chi connectivity index (χ3v) is 10.5. The Balaban J connectivity index is 1.67. The molecular formula is C26H36O4. The molecule has 6 rings (SSSR count). The molecule has 0 aromatic heterocycles. The molecule has 1 spiro atoms. The highest BCUT2D eigenvalue weighted by Gasteiger charge is 2.70. The van der Waals surface area contributed by atoms with Crippen molar-refractivity contribution in [1.82, 2.24) is 0 Å². The second kappa shape index (κ2) is 6.29. The first kappa shape index (κ1) is 20.5. The van der Waals surface area contributed by atoms with Crippen molar-refractivity contribution in [3.8, 4) is 0 Å². The molecule has 4 nitrogen and oxygen atoms in total. The van der Waals surface area contributed by atoms with E-state index in [1.807, 2.05) is 6.92 Å². The molecule has 4 fully saturated rings. The average molecular weight is 413 g/mol. The van der Waals surface area contributed by atoms with E-state index in [-0.39, 0.29) is 34.5 Å². The van der Waals surface area contributed by atoms with Crippen LogP contribution in [0.1, 0.15) is 79.1 Å². The third kappa shape index (κ3) is 2.31. The van der Waals surface area contributed by atoms with Gasteiger partial charge in [0.15, 0.2) is 0 Å². The van der Waals surface area contributed by atoms with Gasteiger partial charge < -0.3 is 5.11 Å². The molecule has 0 heterocycles. The zero-order valence-electron chi connectivity index (χ0n) is 18.9. The van der Waals surface area contributed by atoms with Gasteiger partial charge in [-0.1, -0.05) is 38.8 Å². The van der Waals surface area contributed by atoms with E-state index in [4.69, 9.17) is 0 Å². The Morgan fingerprint density at radius 3 is 2.43 bits per heavy atom. The standard InChI is InChI=1S/C26H36O4/c1-14(2)16-13-26-11-8-19-24(3,9-5-10-25(19,4)23(29)30)20(26)12-15(16)21-17(27)6-7-18(28)22(21)26/h13-15,19-22H,5-12H2,1-4H3,(H,29,30)/t15?,19?,20?,21-,22+,24-,25+,26?/m0/s1. The van der Waals surface area contributed by atoms with Crippen LogP contribution in [0.15, 0.2) is 11.6 Å². The number of rotatable bonds is 2. The molecular weight excluding hydrogens is 376 g/mol. The zero-order chi connectivity index (χ0) is 21.6. The molecule has 164 valence electrons. The van der Waals surface area contributed by atoms with Crippen LogP contribution in [-0.2, 0) is 14.4 Å². The first-order chi connectivity index (χ1) is 14.1. The van der Waals surface area contributed by atoms with Crippen molar-refractivity contribution in [2.24, 2.45) is 51.8 Å². The van der Waals surface area contributed by atoms with Crippen molar-refractivity contribution >= 4 is 17.5 Å². The number of carbonyl (C=O) groups excluding carboxylic acids is 2. The smallest absolute Gasteiger partial charge is 0.309 e. The molecule has 2 bridgehead atoms. The molecule has 0 aromatic rings. The Morgan fingerprint density at radius 1 is 1.07 bits per heavy atom. The lowest BCUT2D eigenvalue weighted by Gasteiger charge is -2.70. The summed E-state index contributed by atoms with van der Waals surface area (Å²) in [7, 11) is 0. The number of ketones is 2. The van der Waals surface area contributed by atoms with Crippen molar-refractivity contribution in [1.29, 1.82) is 0 Å². The first-order valence-corrected chi connectivity index (χ1v) is 12.1. The van der Waals surface area contributed by atoms with Gasteiger partial charge in [0.05, 0.1) is 5.41 Å². The Hall–Kier alpha value is -1.45. The van der Waals surface area contributed by atoms with Gasteiger partial charge in [-0.25, -0.2) is 0 Å². The number of allylic oxidation sites excluding steroid dienone is 2. The van der Waals surface area contributed by atoms with Gasteiger partial charge in [-0.15, -0.1) is 0 Å². The molecule has 30 heavy (non-hydrogen) atoms. The minimum Gasteiger partial charge on any atom is -0.481 e. The predicted octanol–water partition coefficient (Wildman–Crippen LogP) is 5.06. The highest BCUT2D eigenvalue weighted by Crippen LogP contribution is 2.74. The fourth-order valence-electron chi connectivity index (χ4n) is 9.34. The number of Topliss-reactive ketones (excluding diaryl/α,β-unsaturated/α-hetero) is 2. The van der Waals surface area contributed by atoms with Crippen molar-refractivity contribution in [3.05, 3.63) is 11.6 Å². The summed E-state index contributed by atoms with van der Waals surface area (Å²) in [6.45, 7) is 8.73. The fourth-order valence-corrected chi connectivity index (χ4v) is 9.34. The highest BCUT2D eigenvalue weighted by atomic mass is 16.4. The second-order valence-corrected chi connectivity index (χ2v) is 11.9. The van der Waals surface area contributed by atoms with E-state index in [0.29, 0.717) is 36.2 Å². The van der Waals surface area contributed by atoms with Crippen molar-refractivity contribution in [2.75, 3.05) is 0 Å². The van der Waals surface area contributed by atoms with Gasteiger partial charge >= 0.3 is 5.97 Å². The van der Waals surface area contributed by atoms with Crippen LogP contribution in [0.5, 0.6) is 0 Å². The van der Waals surface area contributed by atoms with E-state index >= 15 is 0 Å². The normalized spacial score (nSPS) is 49.9. The minimum absolute atomic E-state index is 0.0767. The van der Waals surface area contributed by atoms with Crippen LogP contribution in [0.3, 0.4) is 0 Å². The monoisotopic (exact) mass is 412 g/mol. The van der Waals surface area contributed by atoms with Crippen molar-refractivity contribution in [3.63, 3.8) is 0 Å². The summed E-state index contributed by atoms with van der Waals surface area (Å²) in [6.07, 6.45) is 8.70. The summed E-state index contributed by atoms with van der Waals surface area (Å²) in [5.41, 5.74) is 0.400. The quantitative estimate of drug-likeness (QED) is 0.644. The Labute approximate surface area is 179 Å². The number of fused-ring (bicyclic) bond motifs is 1. The van der Waals surface area contributed by atoms with Gasteiger partial charge in [0.25, 0.3) is 0 Å². The van der Waals surface area contributed by atoms with Crippen LogP contribution in [0.2, 0.25) is 0 Å². The molecule has 1 N–H and O–H groups in total. The molecule has 4 unspecified atom stereocenters. The lowest BCUT2D eigenvalue weighted by atomic mass is 9.33. The third-order valence-electron chi connectivity index (χ3n) is 10.5. The van der Waals surface area contributed by atoms with Crippen LogP contribution in [-0.4, -0.2) is 22.6 Å². The molecule has 4 saturated carbocycles. The molecule has 6 aliphatic rings. The van der Waals surface area contributed by atoms with Gasteiger partial charge in [0.1, 0.15) is 11.6 Å². The Morgan fingerprint density at radius 2 is 1.77 bits per heavy atom. The van der Waals surface area contributed by atoms with Gasteiger partial charge in [-0.05, 0) is 68.1 Å². The van der Waals surface area contributed by atoms with Crippen LogP contribution in [0.4, 0.5) is 0 Å². The number of carbonyl (C=O) groups is 3. The summed E-state index contributed by atoms with van der Waals surface area (Å²) in [4.78, 5) is 38.8. The predicted molar refractivity (Wildman–Crippen MR) is 114 cm³/mol. The maximum atomic E-state index is 13.3. The highest BCUT2D eigenvalue weighted by molar-refractivity contribution is 5.98. The van der Waals surface area contributed by atoms with E-state index in [0.717, 1.165) is 38.5 Å². The van der Waals surface area contributed by atoms with Gasteiger partial charge in [0, 0.05) is 30.1 Å². The van der Waals surface area contributed by atoms with Gasteiger partial charge in [-0.2, -0.15) is 0 Å². The number of carboxylic acids is 1. The molecule has 0 radical (unpaired) electrons. The van der Waals surface area contributed by atoms with E-state index in [9.17, 15) is 19.5 Å². The molecule has 6 aliphatic carbocycles. The summed E-state index contributed by atoms with van der Waals surface area (Å²) >= 11 is 0. The molecule has 0 aliphatic heterocycles. The maximum Gasteiger partial charge on any atom is 0.309 e. The largest absolute Gasteiger partial charge is 0.481 e. The van der Waals surface area contributed by atoms with E-state index in [1.165, 1.54) is 5.57 Å². The first-order valence-electron chi connectivity index (χ1n) is 12.1. The maximum absolute atomic E-state index is 13.3. The van der Waals surface area contributed by atoms with E-state index in [1.54, 1.807) is 0 Å². The molecule has 0 saturated heterocycles. The van der Waals surface area contributed by atoms with Crippen LogP contribution < -0.4 is 0 Å². The van der Waals surface area contributed by atoms with Crippen molar-refractivity contribution < 1.29 is 19.5 Å². The SMILES string of the molecule is CC(C)C1=CC23CCC4[C@](C)(CCC[C@@]4(C)C(=O)O)C2CC1[C@H]1C(=O)CCC(=O)[C@H]13. The van der Waals surface area contributed by atoms with Crippen LogP contribution in [0, 0.1) is 51.8 Å². The minimum atomic E-state index is -0.679. The lowest BCUT2D eigenvalue weighted by Crippen LogP contribution is -2.67. The van der Waals surface area contributed by atoms with E-state index in [2.05, 4.69) is 26.8 Å². The Bertz CT molecular complexity index is 855. The molecule has 8 atom stereocenters. The van der Waals surface area contributed by atoms with Crippen molar-refractivity contribution in [2.45, 2.75) is 79.1 Å². The molecule has 0 aromatic carbocycles. The fraction of sp³-hybridized carbons (Fsp3) is 0.808. The molecule has 0 amide bonds. The summed E-state index contributed by atoms with van der Waals surface area (Å²) in [5.74, 6) is 0.677. The average Bonchev–Trinajstić information content (AvgIpc) is 2.69. The number of hydrogen-bond acceptors (Lipinski definition) is 3. The summed E-state index contributed by atoms with van der Waals surface area (Å²) in [5, 5.41) is 10.1. The lowest BCUT2D eigenvalue weighted by molar-refractivity contribution is -0.200. The van der Waals surface area contributed by atoms with Gasteiger partial charge in [-0.3, -0.25) is 14.4 Å². The number of hydrogen-bond donors (Lipinski definition) is 1. The Kier molecular flexibility index (Phi) is 4.29. The summed E-state index contributed by atoms with van der Waals surface area (Å²) < 4.78 is 0. The zero-order valence-corrected chi connectivity index (χ0v) is 18.9. The summed E-state index contributed by atoms with van der Waals surface area (Å²) in [6, 6.07) is 0. The van der Waals surface area contributed by atoms with Gasteiger partial charge in [0.2, 0.25) is 0 Å². The van der Waals surface area contributed by atoms with Crippen LogP contribution >= 0.6 is 0 Å². The van der Waals surface area contributed by atoms with E-state index < -0.39 is 11.4 Å². The van der Waals surface area contributed by atoms with Crippen LogP contribution in [0.25, 0.3) is 0 Å².